The zero-order valence-corrected chi connectivity index (χ0v) is 41.7. The summed E-state index contributed by atoms with van der Waals surface area (Å²) in [6.07, 6.45) is 46.5. The van der Waals surface area contributed by atoms with Crippen molar-refractivity contribution >= 4 is 11.9 Å². The summed E-state index contributed by atoms with van der Waals surface area (Å²) in [5.74, 6) is 0.399. The molecular formula is C53H105NNiO4. The number of carbonyl (C=O) groups excluding carboxylic acids is 2. The number of hydrogen-bond donors (Lipinski definition) is 0. The Bertz CT molecular complexity index is 761. The summed E-state index contributed by atoms with van der Waals surface area (Å²) < 4.78 is 11.6. The summed E-state index contributed by atoms with van der Waals surface area (Å²) >= 11 is 0. The van der Waals surface area contributed by atoms with Crippen molar-refractivity contribution in [1.29, 1.82) is 0 Å². The summed E-state index contributed by atoms with van der Waals surface area (Å²) in [5, 5.41) is 0. The van der Waals surface area contributed by atoms with Gasteiger partial charge in [0.05, 0.1) is 25.0 Å². The molecule has 356 valence electrons. The van der Waals surface area contributed by atoms with E-state index in [-0.39, 0.29) is 47.7 Å². The third-order valence-electron chi connectivity index (χ3n) is 12.3. The van der Waals surface area contributed by atoms with Crippen molar-refractivity contribution in [3.63, 3.8) is 0 Å². The molecule has 0 saturated carbocycles. The minimum absolute atomic E-state index is 0. The Labute approximate surface area is 381 Å². The van der Waals surface area contributed by atoms with E-state index < -0.39 is 0 Å². The molecule has 0 aromatic heterocycles. The first-order valence-electron chi connectivity index (χ1n) is 25.9. The van der Waals surface area contributed by atoms with Crippen LogP contribution in [0.3, 0.4) is 0 Å². The molecule has 0 spiro atoms. The van der Waals surface area contributed by atoms with Crippen LogP contribution in [0.5, 0.6) is 0 Å². The average Bonchev–Trinajstić information content (AvgIpc) is 3.22. The molecule has 0 rings (SSSR count). The van der Waals surface area contributed by atoms with Gasteiger partial charge in [-0.3, -0.25) is 9.59 Å². The number of nitrogens with zero attached hydrogens (tertiary/aromatic N) is 1. The Hall–Kier alpha value is -0.606. The van der Waals surface area contributed by atoms with Crippen LogP contribution in [0.15, 0.2) is 0 Å². The minimum atomic E-state index is 0. The molecule has 0 fully saturated rings. The van der Waals surface area contributed by atoms with Gasteiger partial charge in [0.15, 0.2) is 0 Å². The largest absolute Gasteiger partial charge is 2.00 e. The van der Waals surface area contributed by atoms with Gasteiger partial charge in [-0.2, -0.15) is 0 Å². The number of esters is 2. The molecule has 59 heavy (non-hydrogen) atoms. The van der Waals surface area contributed by atoms with E-state index >= 15 is 0 Å². The van der Waals surface area contributed by atoms with E-state index in [4.69, 9.17) is 9.47 Å². The van der Waals surface area contributed by atoms with Crippen LogP contribution in [-0.2, 0) is 35.6 Å². The maximum absolute atomic E-state index is 12.9. The molecule has 0 aliphatic rings. The van der Waals surface area contributed by atoms with Gasteiger partial charge in [0.2, 0.25) is 0 Å². The van der Waals surface area contributed by atoms with Crippen molar-refractivity contribution in [3.8, 4) is 0 Å². The summed E-state index contributed by atoms with van der Waals surface area (Å²) in [7, 11) is 0. The van der Waals surface area contributed by atoms with E-state index in [1.807, 2.05) is 0 Å². The third-order valence-corrected chi connectivity index (χ3v) is 12.3. The Kier molecular flexibility index (Phi) is 55.0. The van der Waals surface area contributed by atoms with Crippen molar-refractivity contribution in [1.82, 2.24) is 4.90 Å². The van der Waals surface area contributed by atoms with E-state index in [1.54, 1.807) is 0 Å². The fourth-order valence-corrected chi connectivity index (χ4v) is 8.30. The Balaban J connectivity index is -0.0000157. The summed E-state index contributed by atoms with van der Waals surface area (Å²) in [5.41, 5.74) is 0. The van der Waals surface area contributed by atoms with E-state index in [2.05, 4.69) is 39.5 Å². The molecule has 0 saturated heterocycles. The van der Waals surface area contributed by atoms with Crippen molar-refractivity contribution in [2.45, 2.75) is 272 Å². The minimum Gasteiger partial charge on any atom is -0.465 e. The number of unbranched alkanes of at least 4 members (excludes halogenated alkanes) is 28. The molecule has 0 aliphatic carbocycles. The first-order chi connectivity index (χ1) is 28.0. The molecule has 6 heteroatoms. The van der Waals surface area contributed by atoms with Crippen LogP contribution < -0.4 is 0 Å². The molecule has 0 bridgehead atoms. The third kappa shape index (κ3) is 43.8. The van der Waals surface area contributed by atoms with Crippen LogP contribution >= 0.6 is 0 Å². The zero-order chi connectivity index (χ0) is 41.7. The second-order valence-corrected chi connectivity index (χ2v) is 17.8. The van der Waals surface area contributed by atoms with Crippen molar-refractivity contribution in [3.05, 3.63) is 14.4 Å². The maximum atomic E-state index is 12.9. The van der Waals surface area contributed by atoms with Crippen molar-refractivity contribution in [2.24, 2.45) is 11.8 Å². The van der Waals surface area contributed by atoms with Gasteiger partial charge in [0.25, 0.3) is 0 Å². The fourth-order valence-electron chi connectivity index (χ4n) is 8.30. The van der Waals surface area contributed by atoms with Gasteiger partial charge >= 0.3 is 28.4 Å². The Morgan fingerprint density at radius 2 is 0.627 bits per heavy atom. The number of carbonyl (C=O) groups is 2. The smallest absolute Gasteiger partial charge is 0.465 e. The van der Waals surface area contributed by atoms with Crippen LogP contribution in [0.4, 0.5) is 0 Å². The van der Waals surface area contributed by atoms with Crippen LogP contribution in [-0.4, -0.2) is 49.7 Å². The zero-order valence-electron chi connectivity index (χ0n) is 40.7. The first-order valence-corrected chi connectivity index (χ1v) is 25.9. The summed E-state index contributed by atoms with van der Waals surface area (Å²) in [6.45, 7) is 17.7. The van der Waals surface area contributed by atoms with Crippen LogP contribution in [0.1, 0.15) is 272 Å². The molecule has 2 unspecified atom stereocenters. The second-order valence-electron chi connectivity index (χ2n) is 17.8. The molecule has 0 aromatic carbocycles. The van der Waals surface area contributed by atoms with E-state index in [1.165, 1.54) is 206 Å². The number of ether oxygens (including phenoxy) is 2. The monoisotopic (exact) mass is 878 g/mol. The van der Waals surface area contributed by atoms with Gasteiger partial charge in [-0.15, -0.1) is 6.54 Å². The van der Waals surface area contributed by atoms with Crippen molar-refractivity contribution < 1.29 is 35.6 Å². The molecular weight excluding hydrogens is 773 g/mol. The first kappa shape index (κ1) is 62.7. The predicted octanol–water partition coefficient (Wildman–Crippen LogP) is 16.8. The standard InChI is InChI=1S/C52H102NO4.CH3.Ni/c1-6-11-15-19-27-35-43-49(41-33-17-13-8-3)51(54)56-47-39-31-25-21-23-29-37-45-53(10-5)46-38-30-24-22-26-32-40-48-57-52(55)50(42-34-18-14-9-4)44-36-28-20-16-12-7-2;;/h49-50H,5-48H2,1-4H3;1H3;/q2*-1;+2. The van der Waals surface area contributed by atoms with Gasteiger partial charge in [-0.1, -0.05) is 220 Å². The molecule has 0 aliphatic heterocycles. The van der Waals surface area contributed by atoms with E-state index in [0.717, 1.165) is 57.9 Å². The quantitative estimate of drug-likeness (QED) is 0.0264. The normalized spacial score (nSPS) is 12.2. The molecule has 0 amide bonds. The average molecular weight is 879 g/mol. The van der Waals surface area contributed by atoms with Gasteiger partial charge in [0.1, 0.15) is 0 Å². The van der Waals surface area contributed by atoms with E-state index in [9.17, 15) is 9.59 Å². The maximum Gasteiger partial charge on any atom is 2.00 e. The molecule has 0 N–H and O–H groups in total. The van der Waals surface area contributed by atoms with Crippen LogP contribution in [0.2, 0.25) is 0 Å². The fraction of sp³-hybridized carbons (Fsp3) is 0.925. The molecule has 0 heterocycles. The topological polar surface area (TPSA) is 55.8 Å². The van der Waals surface area contributed by atoms with E-state index in [0.29, 0.717) is 13.2 Å². The predicted molar refractivity (Wildman–Crippen MR) is 255 cm³/mol. The summed E-state index contributed by atoms with van der Waals surface area (Å²) in [6, 6.07) is 0. The molecule has 0 aromatic rings. The van der Waals surface area contributed by atoms with Crippen LogP contribution in [0, 0.1) is 26.2 Å². The molecule has 2 atom stereocenters. The number of rotatable bonds is 47. The van der Waals surface area contributed by atoms with Crippen molar-refractivity contribution in [2.75, 3.05) is 32.8 Å². The molecule has 5 nitrogen and oxygen atoms in total. The Morgan fingerprint density at radius 1 is 0.390 bits per heavy atom. The van der Waals surface area contributed by atoms with Gasteiger partial charge < -0.3 is 28.7 Å². The van der Waals surface area contributed by atoms with Gasteiger partial charge in [-0.25, -0.2) is 0 Å². The summed E-state index contributed by atoms with van der Waals surface area (Å²) in [4.78, 5) is 28.3. The second kappa shape index (κ2) is 51.7. The van der Waals surface area contributed by atoms with Gasteiger partial charge in [-0.05, 0) is 64.5 Å². The number of hydrogen-bond acceptors (Lipinski definition) is 5. The molecule has 0 radical (unpaired) electrons. The Morgan fingerprint density at radius 3 is 0.915 bits per heavy atom. The van der Waals surface area contributed by atoms with Gasteiger partial charge in [0, 0.05) is 0 Å². The SMILES string of the molecule is [CH2-]CN(CCCCCCCCCOC(=O)C(CCCCCC)CCCCCCCC)CCCCCCCCCOC(=O)C(CCCCCC)CCCCCCCC.[CH3-].[Ni+2]. The van der Waals surface area contributed by atoms with Crippen LogP contribution in [0.25, 0.3) is 0 Å².